The molecule has 3 aromatic carbocycles. The van der Waals surface area contributed by atoms with E-state index < -0.39 is 8.88 Å². The summed E-state index contributed by atoms with van der Waals surface area (Å²) >= 11 is 21.4. The summed E-state index contributed by atoms with van der Waals surface area (Å²) in [5.41, 5.74) is 2.54. The normalized spacial score (nSPS) is 22.1. The van der Waals surface area contributed by atoms with E-state index in [0.29, 0.717) is 0 Å². The van der Waals surface area contributed by atoms with Crippen molar-refractivity contribution in [3.63, 3.8) is 0 Å². The Hall–Kier alpha value is -0.480. The van der Waals surface area contributed by atoms with Crippen LogP contribution in [0.1, 0.15) is 11.1 Å². The number of fused-ring (bicyclic) bond motifs is 4. The zero-order valence-corrected chi connectivity index (χ0v) is 27.3. The van der Waals surface area contributed by atoms with Crippen LogP contribution in [-0.2, 0) is 35.1 Å². The predicted octanol–water partition coefficient (Wildman–Crippen LogP) is 8.19. The van der Waals surface area contributed by atoms with Crippen molar-refractivity contribution in [1.82, 2.24) is 10.2 Å². The van der Waals surface area contributed by atoms with Gasteiger partial charge < -0.3 is 9.47 Å². The van der Waals surface area contributed by atoms with Crippen molar-refractivity contribution in [3.05, 3.63) is 83.9 Å². The molecule has 5 rings (SSSR count). The van der Waals surface area contributed by atoms with E-state index in [-0.39, 0.29) is 0 Å². The summed E-state index contributed by atoms with van der Waals surface area (Å²) in [5, 5.41) is 11.4. The average Bonchev–Trinajstić information content (AvgIpc) is 3.36. The molecule has 0 saturated heterocycles. The lowest BCUT2D eigenvalue weighted by atomic mass is 10.2. The van der Waals surface area contributed by atoms with Crippen molar-refractivity contribution in [1.29, 1.82) is 0 Å². The topological polar surface area (TPSA) is 44.2 Å². The fraction of sp³-hybridized carbons (Fsp3) is 0.167. The summed E-state index contributed by atoms with van der Waals surface area (Å²) in [6, 6.07) is 25.1. The van der Waals surface area contributed by atoms with Gasteiger partial charge in [-0.1, -0.05) is 59.2 Å². The molecule has 0 spiro atoms. The van der Waals surface area contributed by atoms with Crippen LogP contribution in [0, 0.1) is 0 Å². The molecule has 0 aliphatic carbocycles. The third-order valence-electron chi connectivity index (χ3n) is 5.36. The lowest BCUT2D eigenvalue weighted by molar-refractivity contribution is 0.415. The minimum atomic E-state index is -2.12. The molecule has 0 radical (unpaired) electrons. The predicted molar refractivity (Wildman–Crippen MR) is 174 cm³/mol. The maximum absolute atomic E-state index is 6.39. The van der Waals surface area contributed by atoms with E-state index in [0.717, 1.165) is 42.3 Å². The zero-order valence-electron chi connectivity index (χ0n) is 19.8. The first kappa shape index (κ1) is 28.1. The van der Waals surface area contributed by atoms with Crippen LogP contribution in [0.3, 0.4) is 0 Å². The van der Waals surface area contributed by atoms with Crippen molar-refractivity contribution < 1.29 is 9.47 Å². The minimum Gasteiger partial charge on any atom is -0.497 e. The molecule has 13 heteroatoms. The number of nitrogens with zero attached hydrogens (tertiary/aromatic N) is 2. The molecule has 0 amide bonds. The first-order valence-electron chi connectivity index (χ1n) is 11.0. The summed E-state index contributed by atoms with van der Waals surface area (Å²) in [6.45, 7) is 0. The molecule has 1 aromatic heterocycles. The number of hydrogen-bond donors (Lipinski definition) is 0. The molecule has 1 aliphatic heterocycles. The Kier molecular flexibility index (Phi) is 9.37. The molecule has 4 aromatic rings. The van der Waals surface area contributed by atoms with Gasteiger partial charge in [-0.3, -0.25) is 0 Å². The lowest BCUT2D eigenvalue weighted by Crippen LogP contribution is -2.01. The summed E-state index contributed by atoms with van der Waals surface area (Å²) in [6.07, 6.45) is 0. The third-order valence-corrected chi connectivity index (χ3v) is 27.6. The Bertz CT molecular complexity index is 1370. The maximum atomic E-state index is 6.39. The van der Waals surface area contributed by atoms with Crippen LogP contribution in [0.4, 0.5) is 0 Å². The summed E-state index contributed by atoms with van der Waals surface area (Å²) in [4.78, 5) is 0. The fourth-order valence-electron chi connectivity index (χ4n) is 3.44. The largest absolute Gasteiger partial charge is 0.497 e. The van der Waals surface area contributed by atoms with Gasteiger partial charge in [-0.15, -0.1) is 33.0 Å². The van der Waals surface area contributed by atoms with Crippen LogP contribution in [0.2, 0.25) is 0 Å². The van der Waals surface area contributed by atoms with Crippen LogP contribution in [-0.4, -0.2) is 24.4 Å². The number of rotatable bonds is 4. The molecule has 4 nitrogen and oxygen atoms in total. The number of methoxy groups -OCH3 is 2. The quantitative estimate of drug-likeness (QED) is 0.201. The van der Waals surface area contributed by atoms with Crippen LogP contribution >= 0.6 is 65.7 Å². The first-order valence-corrected chi connectivity index (χ1v) is 23.4. The lowest BCUT2D eigenvalue weighted by Gasteiger charge is -2.22. The molecule has 0 saturated carbocycles. The minimum absolute atomic E-state index is 0.825. The van der Waals surface area contributed by atoms with Gasteiger partial charge >= 0.3 is 0 Å². The number of ether oxygens (including phenoxy) is 2. The standard InChI is InChI=1S/C24H22N2O2P2S7/c1-27-19-6-10-21(11-7-19)29(31)33-15-17-4-3-5-18(14-17)16-34-30(32,22-12-8-20(28-2)9-13-22)37-24-26-25-23(35-24)36-29/h3-14H,15-16H2,1-2H3/t29-,30-/m0/s1. The van der Waals surface area contributed by atoms with Crippen molar-refractivity contribution in [2.24, 2.45) is 0 Å². The van der Waals surface area contributed by atoms with Crippen molar-refractivity contribution in [2.75, 3.05) is 14.2 Å². The Balaban J connectivity index is 1.54. The van der Waals surface area contributed by atoms with Gasteiger partial charge in [0.25, 0.3) is 0 Å². The molecule has 0 unspecified atom stereocenters. The summed E-state index contributed by atoms with van der Waals surface area (Å²) in [7, 11) is 3.36. The van der Waals surface area contributed by atoms with E-state index in [1.807, 2.05) is 47.0 Å². The Morgan fingerprint density at radius 2 is 1.11 bits per heavy atom. The van der Waals surface area contributed by atoms with Gasteiger partial charge in [-0.2, -0.15) is 0 Å². The second-order valence-electron chi connectivity index (χ2n) is 7.77. The highest BCUT2D eigenvalue weighted by Gasteiger charge is 2.28. The Labute approximate surface area is 247 Å². The van der Waals surface area contributed by atoms with Gasteiger partial charge in [-0.25, -0.2) is 0 Å². The molecular formula is C24H22N2O2P2S7. The molecule has 2 heterocycles. The number of aromatic nitrogens is 2. The number of hydrogen-bond acceptors (Lipinski definition) is 11. The maximum Gasteiger partial charge on any atom is 0.181 e. The molecule has 192 valence electrons. The zero-order chi connectivity index (χ0) is 25.9. The van der Waals surface area contributed by atoms with Crippen molar-refractivity contribution in [2.45, 2.75) is 20.2 Å². The molecule has 4 bridgehead atoms. The van der Waals surface area contributed by atoms with Crippen LogP contribution in [0.5, 0.6) is 11.5 Å². The molecule has 1 aliphatic rings. The van der Waals surface area contributed by atoms with E-state index in [4.69, 9.17) is 33.1 Å². The highest BCUT2D eigenvalue weighted by atomic mass is 33.2. The Morgan fingerprint density at radius 3 is 1.51 bits per heavy atom. The van der Waals surface area contributed by atoms with Gasteiger partial charge in [0.2, 0.25) is 0 Å². The average molecular weight is 657 g/mol. The molecule has 2 atom stereocenters. The highest BCUT2D eigenvalue weighted by Crippen LogP contribution is 2.74. The fourth-order valence-corrected chi connectivity index (χ4v) is 25.1. The molecule has 0 fully saturated rings. The second-order valence-corrected chi connectivity index (χ2v) is 31.2. The summed E-state index contributed by atoms with van der Waals surface area (Å²) in [5.74, 6) is 3.32. The first-order chi connectivity index (χ1) is 17.9. The number of benzene rings is 3. The van der Waals surface area contributed by atoms with Gasteiger partial charge in [0, 0.05) is 22.1 Å². The van der Waals surface area contributed by atoms with E-state index in [1.165, 1.54) is 11.1 Å². The van der Waals surface area contributed by atoms with Crippen LogP contribution in [0.25, 0.3) is 0 Å². The molecular weight excluding hydrogens is 635 g/mol. The monoisotopic (exact) mass is 656 g/mol. The van der Waals surface area contributed by atoms with Crippen molar-refractivity contribution in [3.8, 4) is 11.5 Å². The van der Waals surface area contributed by atoms with E-state index in [1.54, 1.807) is 48.3 Å². The van der Waals surface area contributed by atoms with Gasteiger partial charge in [0.1, 0.15) is 11.5 Å². The van der Waals surface area contributed by atoms with E-state index in [2.05, 4.69) is 58.7 Å². The molecule has 0 N–H and O–H groups in total. The smallest absolute Gasteiger partial charge is 0.181 e. The van der Waals surface area contributed by atoms with E-state index >= 15 is 0 Å². The van der Waals surface area contributed by atoms with Crippen LogP contribution < -0.4 is 20.1 Å². The summed E-state index contributed by atoms with van der Waals surface area (Å²) < 4.78 is 8.29. The van der Waals surface area contributed by atoms with Crippen LogP contribution in [0.15, 0.2) is 81.5 Å². The molecule has 37 heavy (non-hydrogen) atoms. The van der Waals surface area contributed by atoms with Crippen molar-refractivity contribution >= 4 is 100.0 Å². The second kappa shape index (κ2) is 12.4. The SMILES string of the molecule is COc1ccc([P@]2(=S)SCc3cccc(c3)CS[P@@](=S)(c3ccc(OC)cc3)Sc3nnc(s3)S2)cc1. The third kappa shape index (κ3) is 6.82. The Morgan fingerprint density at radius 1 is 0.676 bits per heavy atom. The van der Waals surface area contributed by atoms with E-state index in [9.17, 15) is 0 Å². The van der Waals surface area contributed by atoms with Gasteiger partial charge in [-0.05, 0) is 82.4 Å². The van der Waals surface area contributed by atoms with Gasteiger partial charge in [0.05, 0.1) is 23.1 Å². The van der Waals surface area contributed by atoms with Gasteiger partial charge in [0.15, 0.2) is 8.68 Å². The highest BCUT2D eigenvalue weighted by molar-refractivity contribution is 9.03.